The average molecular weight is 205 g/mol. The Balaban J connectivity index is 2.51. The maximum absolute atomic E-state index is 11.2. The highest BCUT2D eigenvalue weighted by Crippen LogP contribution is 2.30. The van der Waals surface area contributed by atoms with Gasteiger partial charge in [0.25, 0.3) is 0 Å². The first-order valence-electron chi connectivity index (χ1n) is 4.42. The molecule has 0 aromatic rings. The van der Waals surface area contributed by atoms with E-state index in [1.54, 1.807) is 0 Å². The smallest absolute Gasteiger partial charge is 0.308 e. The molecule has 1 aliphatic carbocycles. The minimum Gasteiger partial charge on any atom is -0.469 e. The van der Waals surface area contributed by atoms with Crippen molar-refractivity contribution in [3.05, 3.63) is 0 Å². The molecule has 0 aliphatic heterocycles. The van der Waals surface area contributed by atoms with Gasteiger partial charge in [-0.25, -0.2) is 0 Å². The molecule has 4 heteroatoms. The van der Waals surface area contributed by atoms with Gasteiger partial charge in [-0.05, 0) is 30.9 Å². The van der Waals surface area contributed by atoms with Crippen LogP contribution in [0.25, 0.3) is 0 Å². The summed E-state index contributed by atoms with van der Waals surface area (Å²) in [5.74, 6) is -0.506. The van der Waals surface area contributed by atoms with Gasteiger partial charge in [0.2, 0.25) is 5.24 Å². The van der Waals surface area contributed by atoms with Gasteiger partial charge in [-0.1, -0.05) is 6.42 Å². The molecular formula is C9H13ClO3. The fraction of sp³-hybridized carbons (Fsp3) is 0.778. The van der Waals surface area contributed by atoms with Crippen LogP contribution >= 0.6 is 11.6 Å². The Labute approximate surface area is 82.4 Å². The fourth-order valence-corrected chi connectivity index (χ4v) is 1.97. The van der Waals surface area contributed by atoms with E-state index in [1.807, 2.05) is 0 Å². The van der Waals surface area contributed by atoms with Crippen molar-refractivity contribution in [1.82, 2.24) is 0 Å². The predicted octanol–water partition coefficient (Wildman–Crippen LogP) is 1.73. The molecule has 2 atom stereocenters. The van der Waals surface area contributed by atoms with Crippen molar-refractivity contribution in [3.63, 3.8) is 0 Å². The van der Waals surface area contributed by atoms with Gasteiger partial charge in [0.15, 0.2) is 0 Å². The van der Waals surface area contributed by atoms with Crippen LogP contribution in [0.1, 0.15) is 25.7 Å². The lowest BCUT2D eigenvalue weighted by Gasteiger charge is -2.24. The Morgan fingerprint density at radius 3 is 2.46 bits per heavy atom. The molecule has 1 fully saturated rings. The van der Waals surface area contributed by atoms with Crippen LogP contribution in [-0.2, 0) is 14.3 Å². The molecule has 1 aliphatic rings. The summed E-state index contributed by atoms with van der Waals surface area (Å²) in [7, 11) is 1.37. The summed E-state index contributed by atoms with van der Waals surface area (Å²) in [6.07, 6.45) is 3.04. The minimum atomic E-state index is -0.325. The van der Waals surface area contributed by atoms with Crippen LogP contribution < -0.4 is 0 Å². The molecule has 74 valence electrons. The Morgan fingerprint density at radius 2 is 1.92 bits per heavy atom. The highest BCUT2D eigenvalue weighted by atomic mass is 35.5. The summed E-state index contributed by atoms with van der Waals surface area (Å²) in [5, 5.41) is -0.325. The number of carbonyl (C=O) groups is 2. The van der Waals surface area contributed by atoms with Crippen LogP contribution in [0.3, 0.4) is 0 Å². The van der Waals surface area contributed by atoms with Crippen LogP contribution in [0.5, 0.6) is 0 Å². The third-order valence-electron chi connectivity index (χ3n) is 2.53. The zero-order valence-corrected chi connectivity index (χ0v) is 8.34. The predicted molar refractivity (Wildman–Crippen MR) is 48.3 cm³/mol. The molecule has 0 spiro atoms. The van der Waals surface area contributed by atoms with E-state index < -0.39 is 0 Å². The third-order valence-corrected chi connectivity index (χ3v) is 2.84. The summed E-state index contributed by atoms with van der Waals surface area (Å²) in [4.78, 5) is 22.0. The van der Waals surface area contributed by atoms with E-state index in [1.165, 1.54) is 7.11 Å². The molecular weight excluding hydrogens is 192 g/mol. The first-order chi connectivity index (χ1) is 6.15. The maximum Gasteiger partial charge on any atom is 0.308 e. The molecule has 0 N–H and O–H groups in total. The fourth-order valence-electron chi connectivity index (χ4n) is 1.78. The van der Waals surface area contributed by atoms with E-state index in [4.69, 9.17) is 11.6 Å². The average Bonchev–Trinajstić information content (AvgIpc) is 2.17. The summed E-state index contributed by atoms with van der Waals surface area (Å²) in [6.45, 7) is 0. The second-order valence-electron chi connectivity index (χ2n) is 3.39. The molecule has 13 heavy (non-hydrogen) atoms. The number of methoxy groups -OCH3 is 1. The first kappa shape index (κ1) is 10.5. The zero-order chi connectivity index (χ0) is 9.84. The second kappa shape index (κ2) is 4.61. The Morgan fingerprint density at radius 1 is 1.31 bits per heavy atom. The van der Waals surface area contributed by atoms with Crippen molar-refractivity contribution in [2.45, 2.75) is 25.7 Å². The van der Waals surface area contributed by atoms with E-state index in [9.17, 15) is 9.59 Å². The van der Waals surface area contributed by atoms with Crippen molar-refractivity contribution >= 4 is 22.8 Å². The van der Waals surface area contributed by atoms with Crippen molar-refractivity contribution in [2.75, 3.05) is 7.11 Å². The SMILES string of the molecule is COC(=O)C1CCCC(C(=O)Cl)C1. The highest BCUT2D eigenvalue weighted by Gasteiger charge is 2.30. The molecule has 2 unspecified atom stereocenters. The lowest BCUT2D eigenvalue weighted by Crippen LogP contribution is -2.26. The summed E-state index contributed by atoms with van der Waals surface area (Å²) >= 11 is 5.38. The number of hydrogen-bond donors (Lipinski definition) is 0. The highest BCUT2D eigenvalue weighted by molar-refractivity contribution is 6.64. The van der Waals surface area contributed by atoms with Crippen LogP contribution in [0.4, 0.5) is 0 Å². The van der Waals surface area contributed by atoms with Crippen molar-refractivity contribution in [3.8, 4) is 0 Å². The number of carbonyl (C=O) groups excluding carboxylic acids is 2. The van der Waals surface area contributed by atoms with Gasteiger partial charge in [0.1, 0.15) is 0 Å². The van der Waals surface area contributed by atoms with Crippen LogP contribution in [0.2, 0.25) is 0 Å². The van der Waals surface area contributed by atoms with Crippen LogP contribution in [0.15, 0.2) is 0 Å². The first-order valence-corrected chi connectivity index (χ1v) is 4.80. The topological polar surface area (TPSA) is 43.4 Å². The molecule has 0 radical (unpaired) electrons. The molecule has 3 nitrogen and oxygen atoms in total. The summed E-state index contributed by atoms with van der Waals surface area (Å²) in [5.41, 5.74) is 0. The van der Waals surface area contributed by atoms with Gasteiger partial charge in [-0.15, -0.1) is 0 Å². The molecule has 0 amide bonds. The van der Waals surface area contributed by atoms with Gasteiger partial charge >= 0.3 is 5.97 Å². The van der Waals surface area contributed by atoms with Crippen molar-refractivity contribution in [2.24, 2.45) is 11.8 Å². The van der Waals surface area contributed by atoms with E-state index in [-0.39, 0.29) is 23.0 Å². The second-order valence-corrected chi connectivity index (χ2v) is 3.76. The van der Waals surface area contributed by atoms with Gasteiger partial charge in [-0.2, -0.15) is 0 Å². The van der Waals surface area contributed by atoms with E-state index >= 15 is 0 Å². The number of hydrogen-bond acceptors (Lipinski definition) is 3. The lowest BCUT2D eigenvalue weighted by molar-refractivity contribution is -0.147. The summed E-state index contributed by atoms with van der Waals surface area (Å²) in [6, 6.07) is 0. The number of ether oxygens (including phenoxy) is 1. The van der Waals surface area contributed by atoms with Crippen LogP contribution in [-0.4, -0.2) is 18.3 Å². The number of halogens is 1. The molecule has 0 aromatic heterocycles. The van der Waals surface area contributed by atoms with Gasteiger partial charge in [-0.3, -0.25) is 9.59 Å². The van der Waals surface area contributed by atoms with E-state index in [0.717, 1.165) is 19.3 Å². The number of esters is 1. The molecule has 0 bridgehead atoms. The quantitative estimate of drug-likeness (QED) is 0.508. The van der Waals surface area contributed by atoms with Gasteiger partial charge in [0, 0.05) is 5.92 Å². The van der Waals surface area contributed by atoms with Crippen LogP contribution in [0, 0.1) is 11.8 Å². The minimum absolute atomic E-state index is 0.133. The van der Waals surface area contributed by atoms with E-state index in [2.05, 4.69) is 4.74 Å². The monoisotopic (exact) mass is 204 g/mol. The van der Waals surface area contributed by atoms with Gasteiger partial charge in [0.05, 0.1) is 13.0 Å². The lowest BCUT2D eigenvalue weighted by atomic mass is 9.82. The molecule has 1 saturated carbocycles. The molecule has 0 saturated heterocycles. The molecule has 1 rings (SSSR count). The van der Waals surface area contributed by atoms with Gasteiger partial charge < -0.3 is 4.74 Å². The third kappa shape index (κ3) is 2.69. The van der Waals surface area contributed by atoms with Crippen molar-refractivity contribution in [1.29, 1.82) is 0 Å². The molecule has 0 heterocycles. The standard InChI is InChI=1S/C9H13ClO3/c1-13-9(12)7-4-2-3-6(5-7)8(10)11/h6-7H,2-5H2,1H3. The maximum atomic E-state index is 11.2. The Kier molecular flexibility index (Phi) is 3.72. The van der Waals surface area contributed by atoms with Crippen molar-refractivity contribution < 1.29 is 14.3 Å². The Bertz CT molecular complexity index is 215. The summed E-state index contributed by atoms with van der Waals surface area (Å²) < 4.78 is 4.62. The Hall–Kier alpha value is -0.570. The zero-order valence-electron chi connectivity index (χ0n) is 7.59. The molecule has 0 aromatic carbocycles. The number of rotatable bonds is 2. The normalized spacial score (nSPS) is 28.2. The van der Waals surface area contributed by atoms with E-state index in [0.29, 0.717) is 6.42 Å². The largest absolute Gasteiger partial charge is 0.469 e.